The molecule has 1 N–H and O–H groups in total. The van der Waals surface area contributed by atoms with Gasteiger partial charge in [-0.25, -0.2) is 0 Å². The van der Waals surface area contributed by atoms with Crippen LogP contribution in [0.15, 0.2) is 24.3 Å². The zero-order chi connectivity index (χ0) is 13.4. The number of ether oxygens (including phenoxy) is 1. The summed E-state index contributed by atoms with van der Waals surface area (Å²) in [6.07, 6.45) is 3.63. The number of methoxy groups -OCH3 is 1. The van der Waals surface area contributed by atoms with Crippen molar-refractivity contribution in [2.75, 3.05) is 13.7 Å². The first kappa shape index (κ1) is 15.2. The number of rotatable bonds is 8. The van der Waals surface area contributed by atoms with Crippen LogP contribution in [0.4, 0.5) is 0 Å². The molecule has 2 nitrogen and oxygen atoms in total. The van der Waals surface area contributed by atoms with Crippen LogP contribution >= 0.6 is 0 Å². The summed E-state index contributed by atoms with van der Waals surface area (Å²) in [7, 11) is 1.82. The van der Waals surface area contributed by atoms with Gasteiger partial charge in [-0.15, -0.1) is 0 Å². The van der Waals surface area contributed by atoms with Crippen LogP contribution < -0.4 is 5.32 Å². The van der Waals surface area contributed by atoms with Crippen LogP contribution in [0.25, 0.3) is 0 Å². The molecular weight excluding hydrogens is 222 g/mol. The Kier molecular flexibility index (Phi) is 6.99. The van der Waals surface area contributed by atoms with Crippen molar-refractivity contribution in [3.05, 3.63) is 35.4 Å². The van der Waals surface area contributed by atoms with Gasteiger partial charge in [-0.3, -0.25) is 0 Å². The van der Waals surface area contributed by atoms with Gasteiger partial charge in [0.05, 0.1) is 12.1 Å². The lowest BCUT2D eigenvalue weighted by molar-refractivity contribution is 0.0606. The summed E-state index contributed by atoms with van der Waals surface area (Å²) in [4.78, 5) is 0. The predicted molar refractivity (Wildman–Crippen MR) is 77.9 cm³/mol. The Hall–Kier alpha value is -0.860. The van der Waals surface area contributed by atoms with Crippen LogP contribution in [0.5, 0.6) is 0 Å². The number of benzene rings is 1. The van der Waals surface area contributed by atoms with E-state index in [4.69, 9.17) is 4.74 Å². The fourth-order valence-electron chi connectivity index (χ4n) is 2.33. The first-order chi connectivity index (χ1) is 8.72. The molecule has 0 aromatic heterocycles. The van der Waals surface area contributed by atoms with E-state index in [1.807, 2.05) is 7.11 Å². The van der Waals surface area contributed by atoms with Crippen molar-refractivity contribution in [2.45, 2.75) is 52.2 Å². The summed E-state index contributed by atoms with van der Waals surface area (Å²) in [5.74, 6) is 0. The van der Waals surface area contributed by atoms with Gasteiger partial charge in [0.2, 0.25) is 0 Å². The molecule has 0 spiro atoms. The average Bonchev–Trinajstić information content (AvgIpc) is 2.38. The van der Waals surface area contributed by atoms with Crippen LogP contribution in [-0.2, 0) is 4.74 Å². The van der Waals surface area contributed by atoms with Gasteiger partial charge in [0, 0.05) is 7.11 Å². The standard InChI is InChI=1S/C16H27NO/c1-5-8-15(18-4)16(17-11-6-2)14-10-7-9-13(3)12-14/h7,9-10,12,15-17H,5-6,8,11H2,1-4H3. The monoisotopic (exact) mass is 249 g/mol. The van der Waals surface area contributed by atoms with E-state index in [0.29, 0.717) is 6.04 Å². The molecule has 0 heterocycles. The van der Waals surface area contributed by atoms with Crippen LogP contribution in [0.2, 0.25) is 0 Å². The quantitative estimate of drug-likeness (QED) is 0.755. The molecule has 0 fully saturated rings. The molecule has 0 aliphatic rings. The van der Waals surface area contributed by atoms with Crippen molar-refractivity contribution >= 4 is 0 Å². The SMILES string of the molecule is CCCNC(c1cccc(C)c1)C(CCC)OC. The largest absolute Gasteiger partial charge is 0.379 e. The van der Waals surface area contributed by atoms with E-state index in [2.05, 4.69) is 50.4 Å². The summed E-state index contributed by atoms with van der Waals surface area (Å²) in [6.45, 7) is 7.57. The van der Waals surface area contributed by atoms with E-state index >= 15 is 0 Å². The number of nitrogens with one attached hydrogen (secondary N) is 1. The van der Waals surface area contributed by atoms with Gasteiger partial charge in [-0.2, -0.15) is 0 Å². The van der Waals surface area contributed by atoms with Crippen LogP contribution in [0.3, 0.4) is 0 Å². The summed E-state index contributed by atoms with van der Waals surface area (Å²) in [5, 5.41) is 3.62. The Bertz CT molecular complexity index is 338. The molecule has 2 unspecified atom stereocenters. The molecule has 0 amide bonds. The predicted octanol–water partition coefficient (Wildman–Crippen LogP) is 3.85. The maximum absolute atomic E-state index is 5.68. The van der Waals surface area contributed by atoms with Gasteiger partial charge in [0.25, 0.3) is 0 Å². The third kappa shape index (κ3) is 4.43. The summed E-state index contributed by atoms with van der Waals surface area (Å²) in [5.41, 5.74) is 2.64. The Morgan fingerprint density at radius 1 is 1.22 bits per heavy atom. The Labute approximate surface area is 112 Å². The normalized spacial score (nSPS) is 14.4. The average molecular weight is 249 g/mol. The summed E-state index contributed by atoms with van der Waals surface area (Å²) < 4.78 is 5.68. The number of aryl methyl sites for hydroxylation is 1. The van der Waals surface area contributed by atoms with Crippen molar-refractivity contribution in [1.82, 2.24) is 5.32 Å². The van der Waals surface area contributed by atoms with Gasteiger partial charge in [-0.1, -0.05) is 50.1 Å². The highest BCUT2D eigenvalue weighted by Crippen LogP contribution is 2.23. The number of hydrogen-bond donors (Lipinski definition) is 1. The molecule has 0 saturated carbocycles. The van der Waals surface area contributed by atoms with Crippen LogP contribution in [0.1, 0.15) is 50.3 Å². The van der Waals surface area contributed by atoms with Crippen molar-refractivity contribution in [1.29, 1.82) is 0 Å². The first-order valence-corrected chi connectivity index (χ1v) is 7.05. The molecule has 2 heteroatoms. The zero-order valence-electron chi connectivity index (χ0n) is 12.2. The Balaban J connectivity index is 2.88. The van der Waals surface area contributed by atoms with E-state index in [9.17, 15) is 0 Å². The lowest BCUT2D eigenvalue weighted by Gasteiger charge is -2.27. The highest BCUT2D eigenvalue weighted by atomic mass is 16.5. The highest BCUT2D eigenvalue weighted by Gasteiger charge is 2.21. The number of hydrogen-bond acceptors (Lipinski definition) is 2. The molecule has 0 aliphatic carbocycles. The minimum atomic E-state index is 0.253. The fourth-order valence-corrected chi connectivity index (χ4v) is 2.33. The smallest absolute Gasteiger partial charge is 0.0765 e. The van der Waals surface area contributed by atoms with Crippen molar-refractivity contribution in [3.63, 3.8) is 0 Å². The second kappa shape index (κ2) is 8.28. The molecule has 0 bridgehead atoms. The van der Waals surface area contributed by atoms with E-state index in [1.165, 1.54) is 11.1 Å². The second-order valence-electron chi connectivity index (χ2n) is 4.91. The van der Waals surface area contributed by atoms with E-state index in [-0.39, 0.29) is 6.10 Å². The van der Waals surface area contributed by atoms with E-state index in [1.54, 1.807) is 0 Å². The zero-order valence-corrected chi connectivity index (χ0v) is 12.2. The molecule has 102 valence electrons. The molecule has 18 heavy (non-hydrogen) atoms. The fraction of sp³-hybridized carbons (Fsp3) is 0.625. The lowest BCUT2D eigenvalue weighted by Crippen LogP contribution is -2.33. The lowest BCUT2D eigenvalue weighted by atomic mass is 9.96. The molecule has 2 atom stereocenters. The minimum absolute atomic E-state index is 0.253. The van der Waals surface area contributed by atoms with Crippen molar-refractivity contribution in [3.8, 4) is 0 Å². The highest BCUT2D eigenvalue weighted by molar-refractivity contribution is 5.26. The third-order valence-electron chi connectivity index (χ3n) is 3.26. The summed E-state index contributed by atoms with van der Waals surface area (Å²) in [6, 6.07) is 9.03. The topological polar surface area (TPSA) is 21.3 Å². The second-order valence-corrected chi connectivity index (χ2v) is 4.91. The van der Waals surface area contributed by atoms with Crippen molar-refractivity contribution < 1.29 is 4.74 Å². The molecule has 0 saturated heterocycles. The van der Waals surface area contributed by atoms with Gasteiger partial charge in [-0.05, 0) is 31.9 Å². The Morgan fingerprint density at radius 3 is 2.56 bits per heavy atom. The molecule has 1 rings (SSSR count). The minimum Gasteiger partial charge on any atom is -0.379 e. The van der Waals surface area contributed by atoms with Gasteiger partial charge in [0.15, 0.2) is 0 Å². The maximum Gasteiger partial charge on any atom is 0.0765 e. The molecule has 0 aliphatic heterocycles. The summed E-state index contributed by atoms with van der Waals surface area (Å²) >= 11 is 0. The third-order valence-corrected chi connectivity index (χ3v) is 3.26. The molecular formula is C16H27NO. The van der Waals surface area contributed by atoms with Gasteiger partial charge in [0.1, 0.15) is 0 Å². The van der Waals surface area contributed by atoms with Crippen LogP contribution in [0, 0.1) is 6.92 Å². The molecule has 1 aromatic rings. The molecule has 1 aromatic carbocycles. The Morgan fingerprint density at radius 2 is 2.00 bits per heavy atom. The van der Waals surface area contributed by atoms with Gasteiger partial charge >= 0.3 is 0 Å². The van der Waals surface area contributed by atoms with Gasteiger partial charge < -0.3 is 10.1 Å². The van der Waals surface area contributed by atoms with Crippen molar-refractivity contribution in [2.24, 2.45) is 0 Å². The first-order valence-electron chi connectivity index (χ1n) is 7.05. The van der Waals surface area contributed by atoms with E-state index in [0.717, 1.165) is 25.8 Å². The van der Waals surface area contributed by atoms with Crippen LogP contribution in [-0.4, -0.2) is 19.8 Å². The van der Waals surface area contributed by atoms with E-state index < -0.39 is 0 Å². The maximum atomic E-state index is 5.68. The molecule has 0 radical (unpaired) electrons.